The predicted molar refractivity (Wildman–Crippen MR) is 559 cm³/mol. The zero-order valence-electron chi connectivity index (χ0n) is 80.5. The lowest BCUT2D eigenvalue weighted by Gasteiger charge is -2.32. The van der Waals surface area contributed by atoms with Gasteiger partial charge in [0, 0.05) is 115 Å². The number of aromatic nitrogens is 3. The number of hydrogen-bond donors (Lipinski definition) is 1. The molecular formula is C106H109BBr2Cl3N7O15S3. The summed E-state index contributed by atoms with van der Waals surface area (Å²) in [6, 6.07) is 52.4. The molecule has 3 aromatic heterocycles. The number of fused-ring (bicyclic) bond motifs is 7. The number of carbonyl (C=O) groups is 7. The number of carbonyl (C=O) groups excluding carboxylic acids is 6. The van der Waals surface area contributed by atoms with Crippen LogP contribution in [0.4, 0.5) is 22.7 Å². The van der Waals surface area contributed by atoms with Crippen LogP contribution in [-0.2, 0) is 92.2 Å². The summed E-state index contributed by atoms with van der Waals surface area (Å²) in [4.78, 5) is 107. The van der Waals surface area contributed by atoms with E-state index >= 15 is 0 Å². The maximum Gasteiger partial charge on any atom is 0.494 e. The molecule has 10 aromatic carbocycles. The van der Waals surface area contributed by atoms with Crippen LogP contribution >= 0.6 is 101 Å². The van der Waals surface area contributed by atoms with Crippen LogP contribution in [0.5, 0.6) is 0 Å². The van der Waals surface area contributed by atoms with Crippen LogP contribution in [0.1, 0.15) is 178 Å². The molecule has 0 spiro atoms. The molecule has 0 saturated carbocycles. The van der Waals surface area contributed by atoms with Crippen molar-refractivity contribution >= 4 is 208 Å². The fraction of sp³-hybridized carbons (Fsp3) is 0.340. The molecule has 3 atom stereocenters. The van der Waals surface area contributed by atoms with E-state index in [4.69, 9.17) is 77.8 Å². The summed E-state index contributed by atoms with van der Waals surface area (Å²) in [7, 11) is 6.83. The quantitative estimate of drug-likeness (QED) is 0.0656. The highest BCUT2D eigenvalue weighted by Gasteiger charge is 2.52. The molecule has 714 valence electrons. The number of nitrogens with zero attached hydrogens (tertiary/aromatic N) is 7. The Bertz CT molecular complexity index is 6890. The van der Waals surface area contributed by atoms with Gasteiger partial charge in [-0.2, -0.15) is 0 Å². The summed E-state index contributed by atoms with van der Waals surface area (Å²) < 4.78 is 46.2. The lowest BCUT2D eigenvalue weighted by molar-refractivity contribution is -0.167. The van der Waals surface area contributed by atoms with Crippen LogP contribution in [0.15, 0.2) is 172 Å². The fourth-order valence-corrected chi connectivity index (χ4v) is 21.6. The second kappa shape index (κ2) is 41.0. The van der Waals surface area contributed by atoms with E-state index in [1.165, 1.54) is 22.7 Å². The molecule has 1 N–H and O–H groups in total. The molecule has 22 nitrogen and oxygen atoms in total. The second-order valence-electron chi connectivity index (χ2n) is 38.1. The van der Waals surface area contributed by atoms with Crippen LogP contribution in [0.25, 0.3) is 85.2 Å². The highest BCUT2D eigenvalue weighted by atomic mass is 79.9. The molecule has 5 aliphatic heterocycles. The van der Waals surface area contributed by atoms with Crippen LogP contribution in [-0.4, -0.2) is 138 Å². The number of hydrogen-bond acceptors (Lipinski definition) is 20. The molecule has 4 amide bonds. The number of thiazole rings is 3. The first-order chi connectivity index (χ1) is 64.4. The standard InChI is InChI=1S/C31H31ClN2O4S.C29H27ClN2O4S.C22H23BrClNO3S.C15H20BNO3.C9H8BrNO/c1-7-37-30(36)27(38-31(3,4)5)25-17(2)14-22-28(26(25)18-8-11-21(32)12-9-18)39-29(33-22)19-10-13-23-20(15-19)16-24(35)34(23)6;1-15-12-20-26(37-27(31-20)17-8-11-21-18(13-17)14-22(33)32(21)5)24(16-6-9-19(30)10-7-16)23(15)25(28(34)35)36-29(2,3)4;1-6-27-20(26)18(28-22(3,4)5)16-12(2)11-15-19(29-21(23)25-15)17(16)13-7-9-14(24)10-8-13;1-14(2)15(3,4)20-16(19-14)11-6-7-12-10(8-11)9-13(18)17(12)5;1-11-8-3-2-7(10)4-6(8)5-9(11)12/h8-15,27H,7,16H2,1-6H3;6-13,25H,14H2,1-5H3,(H,34,35);7-11,18H,6H2,1-5H3;6-8H,9H2,1-5H3;2-4H,5H2,1H3/t27-;25-;18-;;/m000../s1. The van der Waals surface area contributed by atoms with Gasteiger partial charge in [0.25, 0.3) is 0 Å². The first kappa shape index (κ1) is 103. The first-order valence-corrected chi connectivity index (χ1v) is 50.0. The summed E-state index contributed by atoms with van der Waals surface area (Å²) >= 11 is 30.0. The van der Waals surface area contributed by atoms with Gasteiger partial charge in [0.15, 0.2) is 22.2 Å². The van der Waals surface area contributed by atoms with Gasteiger partial charge in [-0.3, -0.25) is 19.2 Å². The number of benzene rings is 10. The van der Waals surface area contributed by atoms with Crippen molar-refractivity contribution in [3.63, 3.8) is 0 Å². The monoisotopic (exact) mass is 2090 g/mol. The van der Waals surface area contributed by atoms with Crippen molar-refractivity contribution in [2.45, 2.75) is 197 Å². The number of esters is 2. The number of likely N-dealkylation sites (N-methyl/N-ethyl adjacent to an activating group) is 4. The Kier molecular flexibility index (Phi) is 30.7. The highest BCUT2D eigenvalue weighted by Crippen LogP contribution is 2.51. The minimum absolute atomic E-state index is 0.0697. The number of carboxylic acids is 1. The number of halogens is 5. The van der Waals surface area contributed by atoms with Gasteiger partial charge in [-0.15, -0.1) is 34.0 Å². The molecule has 0 bridgehead atoms. The lowest BCUT2D eigenvalue weighted by Crippen LogP contribution is -2.41. The van der Waals surface area contributed by atoms with Crippen molar-refractivity contribution in [3.05, 3.63) is 243 Å². The largest absolute Gasteiger partial charge is 0.494 e. The van der Waals surface area contributed by atoms with Gasteiger partial charge < -0.3 is 57.7 Å². The van der Waals surface area contributed by atoms with Crippen molar-refractivity contribution in [1.29, 1.82) is 0 Å². The van der Waals surface area contributed by atoms with Crippen molar-refractivity contribution in [1.82, 2.24) is 15.0 Å². The summed E-state index contributed by atoms with van der Waals surface area (Å²) in [6.07, 6.45) is -1.20. The molecular weight excluding hydrogens is 1980 g/mol. The van der Waals surface area contributed by atoms with Gasteiger partial charge >= 0.3 is 25.0 Å². The Balaban J connectivity index is 0.000000143. The minimum atomic E-state index is -1.16. The lowest BCUT2D eigenvalue weighted by atomic mass is 9.78. The molecule has 137 heavy (non-hydrogen) atoms. The third-order valence-corrected chi connectivity index (χ3v) is 29.3. The van der Waals surface area contributed by atoms with E-state index in [-0.39, 0.29) is 55.2 Å². The molecule has 18 rings (SSSR count). The van der Waals surface area contributed by atoms with Crippen LogP contribution in [0.3, 0.4) is 0 Å². The van der Waals surface area contributed by atoms with Crippen LogP contribution in [0.2, 0.25) is 15.1 Å². The molecule has 1 saturated heterocycles. The Morgan fingerprint density at radius 2 is 0.730 bits per heavy atom. The van der Waals surface area contributed by atoms with E-state index in [9.17, 15) is 38.7 Å². The third-order valence-electron chi connectivity index (χ3n) is 24.2. The summed E-state index contributed by atoms with van der Waals surface area (Å²) in [5.74, 6) is -1.43. The van der Waals surface area contributed by atoms with E-state index in [0.29, 0.717) is 46.3 Å². The van der Waals surface area contributed by atoms with Crippen molar-refractivity contribution < 1.29 is 71.7 Å². The minimum Gasteiger partial charge on any atom is -0.479 e. The summed E-state index contributed by atoms with van der Waals surface area (Å²) in [6.45, 7) is 35.2. The maximum absolute atomic E-state index is 13.3. The Labute approximate surface area is 843 Å². The van der Waals surface area contributed by atoms with E-state index in [0.717, 1.165) is 172 Å². The second-order valence-corrected chi connectivity index (χ2v) is 44.6. The number of carboxylic acid groups (broad SMARTS) is 1. The van der Waals surface area contributed by atoms with Gasteiger partial charge in [-0.1, -0.05) is 99.3 Å². The zero-order chi connectivity index (χ0) is 99.5. The predicted octanol–water partition coefficient (Wildman–Crippen LogP) is 25.2. The van der Waals surface area contributed by atoms with Gasteiger partial charge in [-0.05, 0) is 317 Å². The van der Waals surface area contributed by atoms with Gasteiger partial charge in [0.1, 0.15) is 10.0 Å². The zero-order valence-corrected chi connectivity index (χ0v) is 88.4. The van der Waals surface area contributed by atoms with Gasteiger partial charge in [0.2, 0.25) is 23.6 Å². The average molecular weight is 2090 g/mol. The van der Waals surface area contributed by atoms with E-state index in [1.54, 1.807) is 71.0 Å². The molecule has 1 fully saturated rings. The molecule has 0 aliphatic carbocycles. The number of ether oxygens (including phenoxy) is 5. The molecule has 8 heterocycles. The van der Waals surface area contributed by atoms with E-state index < -0.39 is 53.0 Å². The molecule has 0 unspecified atom stereocenters. The average Bonchev–Trinajstić information content (AvgIpc) is 1.69. The SMILES string of the molecule is CCOC(=O)[C@@H](OC(C)(C)C)c1c(C)cc2nc(-c3ccc4c(c3)CC(=O)N4C)sc2c1-c1ccc(Cl)cc1.CCOC(=O)[C@@H](OC(C)(C)C)c1c(C)cc2nc(Br)sc2c1-c1ccc(Cl)cc1.CN1C(=O)Cc2cc(B3OC(C)(C)C(C)(C)O3)ccc21.CN1C(=O)Cc2cc(Br)ccc21.Cc1cc2nc(-c3ccc4c(c3)CC(=O)N4C)sc2c(-c2ccc(Cl)cc2)c1[C@H](OC(C)(C)C)C(=O)O. The number of aliphatic carboxylic acids is 1. The normalized spacial score (nSPS) is 15.4. The van der Waals surface area contributed by atoms with Crippen LogP contribution < -0.4 is 25.1 Å². The highest BCUT2D eigenvalue weighted by molar-refractivity contribution is 9.11. The first-order valence-electron chi connectivity index (χ1n) is 44.8. The Hall–Kier alpha value is -10.1. The number of amides is 4. The molecule has 5 aliphatic rings. The Morgan fingerprint density at radius 3 is 1.07 bits per heavy atom. The van der Waals surface area contributed by atoms with E-state index in [1.807, 2.05) is 277 Å². The number of anilines is 4. The molecule has 31 heteroatoms. The maximum atomic E-state index is 13.3. The van der Waals surface area contributed by atoms with Gasteiger partial charge in [0.05, 0.1) is 97.6 Å². The fourth-order valence-electron chi connectivity index (χ4n) is 17.0. The smallest absolute Gasteiger partial charge is 0.479 e. The summed E-state index contributed by atoms with van der Waals surface area (Å²) in [5, 5.41) is 13.7. The Morgan fingerprint density at radius 1 is 0.431 bits per heavy atom. The topological polar surface area (TPSA) is 256 Å². The number of aryl methyl sites for hydroxylation is 3. The van der Waals surface area contributed by atoms with Crippen molar-refractivity contribution in [2.75, 3.05) is 61.0 Å². The molecule has 13 aromatic rings. The van der Waals surface area contributed by atoms with Crippen molar-refractivity contribution in [3.8, 4) is 54.5 Å². The van der Waals surface area contributed by atoms with Crippen molar-refractivity contribution in [2.24, 2.45) is 0 Å². The third kappa shape index (κ3) is 22.7. The van der Waals surface area contributed by atoms with E-state index in [2.05, 4.69) is 36.8 Å². The number of rotatable bonds is 17. The van der Waals surface area contributed by atoms with Crippen LogP contribution in [0, 0.1) is 20.8 Å². The van der Waals surface area contributed by atoms with Gasteiger partial charge in [-0.25, -0.2) is 29.3 Å². The molecule has 0 radical (unpaired) electrons. The summed E-state index contributed by atoms with van der Waals surface area (Å²) in [5.41, 5.74) is 20.8.